The summed E-state index contributed by atoms with van der Waals surface area (Å²) in [5, 5.41) is 12.4. The standard InChI is InChI=1S/C27H32N2O6/c1-3-8-23(24(30)29-14-13-27(16-29,17-34-2)25(31)32)28-26(33)35-15-22-20-11-6-4-9-18(20)19-10-5-7-12-21(19)22/h4-7,9-12,22-23H,3,8,13-17H2,1-2H3,(H,28,33)(H,31,32)/t23-,27?/m1/s1. The van der Waals surface area contributed by atoms with Gasteiger partial charge in [0.05, 0.1) is 6.61 Å². The van der Waals surface area contributed by atoms with E-state index in [0.29, 0.717) is 25.8 Å². The van der Waals surface area contributed by atoms with E-state index >= 15 is 0 Å². The van der Waals surface area contributed by atoms with Crippen LogP contribution in [0.2, 0.25) is 0 Å². The van der Waals surface area contributed by atoms with Gasteiger partial charge in [-0.1, -0.05) is 61.9 Å². The number of alkyl carbamates (subject to hydrolysis) is 1. The molecule has 8 heteroatoms. The Morgan fingerprint density at radius 2 is 1.74 bits per heavy atom. The van der Waals surface area contributed by atoms with Crippen molar-refractivity contribution in [2.75, 3.05) is 33.4 Å². The molecule has 1 unspecified atom stereocenters. The lowest BCUT2D eigenvalue weighted by molar-refractivity contribution is -0.151. The van der Waals surface area contributed by atoms with Gasteiger partial charge in [0.25, 0.3) is 0 Å². The SMILES string of the molecule is CCC[C@@H](NC(=O)OCC1c2ccccc2-c2ccccc21)C(=O)N1CCC(COC)(C(=O)O)C1. The average molecular weight is 481 g/mol. The van der Waals surface area contributed by atoms with Gasteiger partial charge in [0.2, 0.25) is 5.91 Å². The number of nitrogens with zero attached hydrogens (tertiary/aromatic N) is 1. The first-order chi connectivity index (χ1) is 16.9. The van der Waals surface area contributed by atoms with Gasteiger partial charge in [-0.25, -0.2) is 4.79 Å². The molecule has 0 spiro atoms. The molecule has 0 aromatic heterocycles. The number of likely N-dealkylation sites (tertiary alicyclic amines) is 1. The van der Waals surface area contributed by atoms with Crippen LogP contribution in [0.1, 0.15) is 43.2 Å². The first-order valence-corrected chi connectivity index (χ1v) is 12.0. The van der Waals surface area contributed by atoms with Gasteiger partial charge in [-0.3, -0.25) is 9.59 Å². The molecule has 2 atom stereocenters. The lowest BCUT2D eigenvalue weighted by atomic mass is 9.88. The van der Waals surface area contributed by atoms with E-state index in [1.165, 1.54) is 12.0 Å². The van der Waals surface area contributed by atoms with Gasteiger partial charge in [0, 0.05) is 26.1 Å². The van der Waals surface area contributed by atoms with Crippen LogP contribution in [0.4, 0.5) is 4.79 Å². The zero-order chi connectivity index (χ0) is 25.0. The molecular formula is C27H32N2O6. The third kappa shape index (κ3) is 4.89. The van der Waals surface area contributed by atoms with Gasteiger partial charge >= 0.3 is 12.1 Å². The number of carbonyl (C=O) groups excluding carboxylic acids is 2. The number of fused-ring (bicyclic) bond motifs is 3. The van der Waals surface area contributed by atoms with Crippen molar-refractivity contribution in [3.8, 4) is 11.1 Å². The Kier molecular flexibility index (Phi) is 7.40. The molecule has 2 aromatic carbocycles. The van der Waals surface area contributed by atoms with Gasteiger partial charge < -0.3 is 24.8 Å². The van der Waals surface area contributed by atoms with Gasteiger partial charge in [0.15, 0.2) is 0 Å². The Morgan fingerprint density at radius 3 is 2.31 bits per heavy atom. The number of amides is 2. The number of ether oxygens (including phenoxy) is 2. The summed E-state index contributed by atoms with van der Waals surface area (Å²) < 4.78 is 10.7. The summed E-state index contributed by atoms with van der Waals surface area (Å²) >= 11 is 0. The minimum atomic E-state index is -1.12. The maximum atomic E-state index is 13.2. The van der Waals surface area contributed by atoms with Crippen molar-refractivity contribution in [2.24, 2.45) is 5.41 Å². The Balaban J connectivity index is 1.40. The van der Waals surface area contributed by atoms with Crippen LogP contribution in [0, 0.1) is 5.41 Å². The molecule has 1 heterocycles. The predicted molar refractivity (Wildman–Crippen MR) is 130 cm³/mol. The van der Waals surface area contributed by atoms with Gasteiger partial charge in [-0.05, 0) is 35.1 Å². The van der Waals surface area contributed by atoms with Crippen molar-refractivity contribution < 1.29 is 29.0 Å². The van der Waals surface area contributed by atoms with E-state index in [1.54, 1.807) is 0 Å². The van der Waals surface area contributed by atoms with Gasteiger partial charge in [-0.2, -0.15) is 0 Å². The fraction of sp³-hybridized carbons (Fsp3) is 0.444. The zero-order valence-electron chi connectivity index (χ0n) is 20.2. The second-order valence-electron chi connectivity index (χ2n) is 9.34. The Labute approximate surface area is 205 Å². The van der Waals surface area contributed by atoms with E-state index in [4.69, 9.17) is 9.47 Å². The molecule has 2 amide bonds. The molecule has 1 aliphatic heterocycles. The molecule has 8 nitrogen and oxygen atoms in total. The average Bonchev–Trinajstić information content (AvgIpc) is 3.43. The lowest BCUT2D eigenvalue weighted by Crippen LogP contribution is -2.49. The third-order valence-corrected chi connectivity index (χ3v) is 7.05. The smallest absolute Gasteiger partial charge is 0.407 e. The molecular weight excluding hydrogens is 448 g/mol. The molecule has 0 saturated carbocycles. The van der Waals surface area contributed by atoms with Crippen molar-refractivity contribution in [3.05, 3.63) is 59.7 Å². The van der Waals surface area contributed by atoms with Crippen molar-refractivity contribution in [1.29, 1.82) is 0 Å². The second kappa shape index (κ2) is 10.5. The Morgan fingerprint density at radius 1 is 1.11 bits per heavy atom. The molecule has 1 aliphatic carbocycles. The quantitative estimate of drug-likeness (QED) is 0.568. The van der Waals surface area contributed by atoms with Crippen LogP contribution in [0.25, 0.3) is 11.1 Å². The van der Waals surface area contributed by atoms with E-state index in [2.05, 4.69) is 17.4 Å². The highest BCUT2D eigenvalue weighted by molar-refractivity contribution is 5.87. The minimum absolute atomic E-state index is 0.0321. The molecule has 2 aliphatic rings. The van der Waals surface area contributed by atoms with Gasteiger partial charge in [0.1, 0.15) is 18.1 Å². The molecule has 1 fully saturated rings. The maximum absolute atomic E-state index is 13.2. The van der Waals surface area contributed by atoms with Crippen LogP contribution in [-0.2, 0) is 19.1 Å². The van der Waals surface area contributed by atoms with E-state index in [-0.39, 0.29) is 31.6 Å². The summed E-state index contributed by atoms with van der Waals surface area (Å²) in [6.07, 6.45) is 0.769. The van der Waals surface area contributed by atoms with Crippen LogP contribution in [-0.4, -0.2) is 67.4 Å². The van der Waals surface area contributed by atoms with Crippen LogP contribution in [0.15, 0.2) is 48.5 Å². The van der Waals surface area contributed by atoms with Crippen LogP contribution in [0.3, 0.4) is 0 Å². The molecule has 35 heavy (non-hydrogen) atoms. The highest BCUT2D eigenvalue weighted by atomic mass is 16.5. The third-order valence-electron chi connectivity index (χ3n) is 7.05. The minimum Gasteiger partial charge on any atom is -0.481 e. The number of aliphatic carboxylic acids is 1. The summed E-state index contributed by atoms with van der Waals surface area (Å²) in [4.78, 5) is 39.3. The van der Waals surface area contributed by atoms with Crippen molar-refractivity contribution in [2.45, 2.75) is 38.1 Å². The first kappa shape index (κ1) is 24.7. The summed E-state index contributed by atoms with van der Waals surface area (Å²) in [6.45, 7) is 2.48. The van der Waals surface area contributed by atoms with E-state index in [0.717, 1.165) is 22.3 Å². The summed E-state index contributed by atoms with van der Waals surface area (Å²) in [5.41, 5.74) is 3.39. The topological polar surface area (TPSA) is 105 Å². The largest absolute Gasteiger partial charge is 0.481 e. The van der Waals surface area contributed by atoms with Crippen LogP contribution >= 0.6 is 0 Å². The fourth-order valence-electron chi connectivity index (χ4n) is 5.24. The zero-order valence-corrected chi connectivity index (χ0v) is 20.2. The second-order valence-corrected chi connectivity index (χ2v) is 9.34. The highest BCUT2D eigenvalue weighted by Gasteiger charge is 2.47. The van der Waals surface area contributed by atoms with Crippen molar-refractivity contribution >= 4 is 18.0 Å². The van der Waals surface area contributed by atoms with Crippen LogP contribution in [0.5, 0.6) is 0 Å². The van der Waals surface area contributed by atoms with E-state index in [1.807, 2.05) is 43.3 Å². The Hall–Kier alpha value is -3.39. The van der Waals surface area contributed by atoms with Crippen LogP contribution < -0.4 is 5.32 Å². The lowest BCUT2D eigenvalue weighted by Gasteiger charge is -2.27. The van der Waals surface area contributed by atoms with Gasteiger partial charge in [-0.15, -0.1) is 0 Å². The summed E-state index contributed by atoms with van der Waals surface area (Å²) in [6, 6.07) is 15.4. The fourth-order valence-corrected chi connectivity index (χ4v) is 5.24. The van der Waals surface area contributed by atoms with E-state index in [9.17, 15) is 19.5 Å². The number of carboxylic acid groups (broad SMARTS) is 1. The molecule has 0 bridgehead atoms. The monoisotopic (exact) mass is 480 g/mol. The van der Waals surface area contributed by atoms with Crippen molar-refractivity contribution in [1.82, 2.24) is 10.2 Å². The molecule has 0 radical (unpaired) electrons. The summed E-state index contributed by atoms with van der Waals surface area (Å²) in [7, 11) is 1.45. The summed E-state index contributed by atoms with van der Waals surface area (Å²) in [5.74, 6) is -1.34. The first-order valence-electron chi connectivity index (χ1n) is 12.0. The Bertz CT molecular complexity index is 1060. The number of rotatable bonds is 9. The van der Waals surface area contributed by atoms with E-state index < -0.39 is 23.5 Å². The highest BCUT2D eigenvalue weighted by Crippen LogP contribution is 2.44. The molecule has 2 aromatic rings. The number of hydrogen-bond acceptors (Lipinski definition) is 5. The van der Waals surface area contributed by atoms with Crippen molar-refractivity contribution in [3.63, 3.8) is 0 Å². The number of nitrogens with one attached hydrogen (secondary N) is 1. The number of benzene rings is 2. The number of hydrogen-bond donors (Lipinski definition) is 2. The molecule has 4 rings (SSSR count). The maximum Gasteiger partial charge on any atom is 0.407 e. The molecule has 1 saturated heterocycles. The normalized spacial score (nSPS) is 19.7. The number of carboxylic acids is 1. The molecule has 186 valence electrons. The predicted octanol–water partition coefficient (Wildman–Crippen LogP) is 3.64. The number of carbonyl (C=O) groups is 3. The number of methoxy groups -OCH3 is 1. The molecule has 2 N–H and O–H groups in total.